The van der Waals surface area contributed by atoms with Crippen LogP contribution in [-0.2, 0) is 4.84 Å². The summed E-state index contributed by atoms with van der Waals surface area (Å²) in [5, 5.41) is 3.37. The summed E-state index contributed by atoms with van der Waals surface area (Å²) in [5.74, 6) is -1.26. The van der Waals surface area contributed by atoms with E-state index in [0.717, 1.165) is 18.2 Å². The first-order valence-corrected chi connectivity index (χ1v) is 3.25. The molecule has 0 unspecified atom stereocenters. The van der Waals surface area contributed by atoms with Gasteiger partial charge in [-0.3, -0.25) is 0 Å². The second kappa shape index (κ2) is 3.80. The maximum atomic E-state index is 12.5. The molecule has 2 nitrogen and oxygen atoms in total. The van der Waals surface area contributed by atoms with Gasteiger partial charge in [-0.15, -0.1) is 0 Å². The summed E-state index contributed by atoms with van der Waals surface area (Å²) in [5.41, 5.74) is 0.328. The second-order valence-electron chi connectivity index (χ2n) is 2.12. The molecule has 0 N–H and O–H groups in total. The molecule has 1 aromatic carbocycles. The Morgan fingerprint density at radius 3 is 2.33 bits per heavy atom. The van der Waals surface area contributed by atoms with E-state index in [1.165, 1.54) is 13.3 Å². The van der Waals surface area contributed by atoms with Gasteiger partial charge in [-0.2, -0.15) is 0 Å². The van der Waals surface area contributed by atoms with E-state index in [-0.39, 0.29) is 0 Å². The Morgan fingerprint density at radius 2 is 1.83 bits per heavy atom. The molecule has 0 aromatic heterocycles. The Hall–Kier alpha value is -1.45. The van der Waals surface area contributed by atoms with Crippen molar-refractivity contribution in [3.8, 4) is 0 Å². The third-order valence-electron chi connectivity index (χ3n) is 1.19. The van der Waals surface area contributed by atoms with Gasteiger partial charge in [0.05, 0.1) is 6.21 Å². The predicted molar refractivity (Wildman–Crippen MR) is 41.0 cm³/mol. The molecular formula is C8H7F2NO. The maximum absolute atomic E-state index is 12.5. The first-order chi connectivity index (χ1) is 5.72. The number of benzene rings is 1. The average molecular weight is 171 g/mol. The van der Waals surface area contributed by atoms with E-state index in [0.29, 0.717) is 5.56 Å². The van der Waals surface area contributed by atoms with Crippen molar-refractivity contribution < 1.29 is 13.6 Å². The maximum Gasteiger partial charge on any atom is 0.126 e. The van der Waals surface area contributed by atoms with Gasteiger partial charge in [-0.1, -0.05) is 5.16 Å². The first kappa shape index (κ1) is 8.64. The molecule has 0 aliphatic carbocycles. The van der Waals surface area contributed by atoms with Crippen molar-refractivity contribution in [2.75, 3.05) is 7.11 Å². The number of hydrogen-bond acceptors (Lipinski definition) is 2. The lowest BCUT2D eigenvalue weighted by atomic mass is 10.2. The molecule has 12 heavy (non-hydrogen) atoms. The van der Waals surface area contributed by atoms with Crippen LogP contribution in [0.2, 0.25) is 0 Å². The summed E-state index contributed by atoms with van der Waals surface area (Å²) >= 11 is 0. The lowest BCUT2D eigenvalue weighted by molar-refractivity contribution is 0.215. The van der Waals surface area contributed by atoms with Crippen molar-refractivity contribution in [3.63, 3.8) is 0 Å². The highest BCUT2D eigenvalue weighted by atomic mass is 19.1. The predicted octanol–water partition coefficient (Wildman–Crippen LogP) is 1.95. The molecule has 1 rings (SSSR count). The zero-order chi connectivity index (χ0) is 8.97. The summed E-state index contributed by atoms with van der Waals surface area (Å²) in [6.45, 7) is 0. The summed E-state index contributed by atoms with van der Waals surface area (Å²) in [4.78, 5) is 4.35. The Labute approximate surface area is 68.5 Å². The standard InChI is InChI=1S/C8H7F2NO/c1-12-11-5-6-2-7(9)4-8(10)3-6/h2-5H,1H3/b11-5+. The van der Waals surface area contributed by atoms with Gasteiger partial charge in [0.15, 0.2) is 0 Å². The van der Waals surface area contributed by atoms with E-state index in [2.05, 4.69) is 9.99 Å². The van der Waals surface area contributed by atoms with Crippen LogP contribution in [0.5, 0.6) is 0 Å². The Bertz CT molecular complexity index is 279. The minimum absolute atomic E-state index is 0.328. The smallest absolute Gasteiger partial charge is 0.126 e. The van der Waals surface area contributed by atoms with Crippen LogP contribution < -0.4 is 0 Å². The molecule has 0 radical (unpaired) electrons. The lowest BCUT2D eigenvalue weighted by Gasteiger charge is -1.93. The molecule has 4 heteroatoms. The quantitative estimate of drug-likeness (QED) is 0.492. The van der Waals surface area contributed by atoms with Crippen LogP contribution in [0, 0.1) is 11.6 Å². The van der Waals surface area contributed by atoms with E-state index in [1.54, 1.807) is 0 Å². The highest BCUT2D eigenvalue weighted by Crippen LogP contribution is 2.05. The largest absolute Gasteiger partial charge is 0.399 e. The van der Waals surface area contributed by atoms with Crippen molar-refractivity contribution in [2.24, 2.45) is 5.16 Å². The third-order valence-corrected chi connectivity index (χ3v) is 1.19. The van der Waals surface area contributed by atoms with Gasteiger partial charge >= 0.3 is 0 Å². The highest BCUT2D eigenvalue weighted by molar-refractivity contribution is 5.78. The zero-order valence-corrected chi connectivity index (χ0v) is 6.42. The molecule has 64 valence electrons. The van der Waals surface area contributed by atoms with Crippen molar-refractivity contribution >= 4 is 6.21 Å². The van der Waals surface area contributed by atoms with Crippen LogP contribution in [0.25, 0.3) is 0 Å². The summed E-state index contributed by atoms with van der Waals surface area (Å²) in [6, 6.07) is 3.11. The van der Waals surface area contributed by atoms with Crippen molar-refractivity contribution in [1.82, 2.24) is 0 Å². The van der Waals surface area contributed by atoms with Gasteiger partial charge in [0, 0.05) is 11.6 Å². The monoisotopic (exact) mass is 171 g/mol. The van der Waals surface area contributed by atoms with Gasteiger partial charge in [0.1, 0.15) is 18.7 Å². The fourth-order valence-electron chi connectivity index (χ4n) is 0.763. The number of oxime groups is 1. The van der Waals surface area contributed by atoms with Gasteiger partial charge in [0.25, 0.3) is 0 Å². The molecule has 0 saturated heterocycles. The summed E-state index contributed by atoms with van der Waals surface area (Å²) < 4.78 is 25.0. The molecule has 0 saturated carbocycles. The number of rotatable bonds is 2. The van der Waals surface area contributed by atoms with Crippen LogP contribution in [-0.4, -0.2) is 13.3 Å². The van der Waals surface area contributed by atoms with Gasteiger partial charge in [-0.05, 0) is 12.1 Å². The van der Waals surface area contributed by atoms with E-state index < -0.39 is 11.6 Å². The molecule has 0 amide bonds. The van der Waals surface area contributed by atoms with Gasteiger partial charge in [-0.25, -0.2) is 8.78 Å². The molecule has 0 spiro atoms. The number of hydrogen-bond donors (Lipinski definition) is 0. The van der Waals surface area contributed by atoms with Crippen LogP contribution in [0.1, 0.15) is 5.56 Å². The fourth-order valence-corrected chi connectivity index (χ4v) is 0.763. The molecule has 0 aliphatic heterocycles. The van der Waals surface area contributed by atoms with Crippen LogP contribution in [0.3, 0.4) is 0 Å². The van der Waals surface area contributed by atoms with Crippen LogP contribution >= 0.6 is 0 Å². The molecular weight excluding hydrogens is 164 g/mol. The third kappa shape index (κ3) is 2.30. The van der Waals surface area contributed by atoms with Crippen molar-refractivity contribution in [1.29, 1.82) is 0 Å². The number of halogens is 2. The zero-order valence-electron chi connectivity index (χ0n) is 6.42. The molecule has 0 atom stereocenters. The fraction of sp³-hybridized carbons (Fsp3) is 0.125. The highest BCUT2D eigenvalue weighted by Gasteiger charge is 1.97. The van der Waals surface area contributed by atoms with Crippen molar-refractivity contribution in [2.45, 2.75) is 0 Å². The minimum atomic E-state index is -0.632. The van der Waals surface area contributed by atoms with Gasteiger partial charge < -0.3 is 4.84 Å². The molecule has 0 heterocycles. The SMILES string of the molecule is CO/N=C/c1cc(F)cc(F)c1. The topological polar surface area (TPSA) is 21.6 Å². The normalized spacial score (nSPS) is 10.6. The van der Waals surface area contributed by atoms with E-state index in [9.17, 15) is 8.78 Å². The lowest BCUT2D eigenvalue weighted by Crippen LogP contribution is -1.86. The average Bonchev–Trinajstić information content (AvgIpc) is 1.99. The minimum Gasteiger partial charge on any atom is -0.399 e. The van der Waals surface area contributed by atoms with E-state index in [4.69, 9.17) is 0 Å². The van der Waals surface area contributed by atoms with Crippen LogP contribution in [0.4, 0.5) is 8.78 Å². The second-order valence-corrected chi connectivity index (χ2v) is 2.12. The molecule has 1 aromatic rings. The number of nitrogens with zero attached hydrogens (tertiary/aromatic N) is 1. The Balaban J connectivity index is 2.93. The molecule has 0 aliphatic rings. The Morgan fingerprint density at radius 1 is 1.25 bits per heavy atom. The van der Waals surface area contributed by atoms with E-state index >= 15 is 0 Å². The summed E-state index contributed by atoms with van der Waals surface area (Å²) in [6.07, 6.45) is 1.23. The molecule has 0 bridgehead atoms. The van der Waals surface area contributed by atoms with E-state index in [1.807, 2.05) is 0 Å². The van der Waals surface area contributed by atoms with Crippen LogP contribution in [0.15, 0.2) is 23.4 Å². The molecule has 0 fully saturated rings. The Kier molecular flexibility index (Phi) is 2.74. The van der Waals surface area contributed by atoms with Gasteiger partial charge in [0.2, 0.25) is 0 Å². The summed E-state index contributed by atoms with van der Waals surface area (Å²) in [7, 11) is 1.35. The first-order valence-electron chi connectivity index (χ1n) is 3.25. The van der Waals surface area contributed by atoms with Crippen molar-refractivity contribution in [3.05, 3.63) is 35.4 Å².